The number of nitrogens with one attached hydrogen (secondary N) is 1. The van der Waals surface area contributed by atoms with E-state index in [9.17, 15) is 4.79 Å². The molecular weight excluding hydrogens is 372 g/mol. The molecule has 4 aromatic rings. The average molecular weight is 392 g/mol. The summed E-state index contributed by atoms with van der Waals surface area (Å²) >= 11 is 1.44. The summed E-state index contributed by atoms with van der Waals surface area (Å²) in [6.07, 6.45) is 2.00. The minimum atomic E-state index is -0.0809. The fraction of sp³-hybridized carbons (Fsp3) is 0.286. The molecule has 0 unspecified atom stereocenters. The first kappa shape index (κ1) is 17.2. The van der Waals surface area contributed by atoms with Gasteiger partial charge in [0.15, 0.2) is 10.6 Å². The Kier molecular flexibility index (Phi) is 4.44. The maximum atomic E-state index is 12.4. The van der Waals surface area contributed by atoms with Crippen LogP contribution in [0, 0.1) is 5.92 Å². The number of rotatable bonds is 4. The number of oxazole rings is 1. The molecule has 1 N–H and O–H groups in total. The summed E-state index contributed by atoms with van der Waals surface area (Å²) in [7, 11) is 0. The molecule has 0 bridgehead atoms. The molecule has 0 aliphatic carbocycles. The van der Waals surface area contributed by atoms with Crippen LogP contribution >= 0.6 is 11.3 Å². The number of anilines is 1. The lowest BCUT2D eigenvalue weighted by Gasteiger charge is -2.30. The lowest BCUT2D eigenvalue weighted by molar-refractivity contribution is 0.0944. The Morgan fingerprint density at radius 2 is 1.82 bits per heavy atom. The Morgan fingerprint density at radius 3 is 2.61 bits per heavy atom. The van der Waals surface area contributed by atoms with E-state index in [2.05, 4.69) is 20.2 Å². The Hall–Kier alpha value is -2.93. The van der Waals surface area contributed by atoms with Crippen molar-refractivity contribution < 1.29 is 9.21 Å². The molecule has 0 saturated carbocycles. The molecule has 3 heterocycles. The van der Waals surface area contributed by atoms with E-state index in [0.717, 1.165) is 47.2 Å². The summed E-state index contributed by atoms with van der Waals surface area (Å²) in [5, 5.41) is 3.59. The molecular formula is C21H20N4O2S. The van der Waals surface area contributed by atoms with Gasteiger partial charge in [-0.1, -0.05) is 24.3 Å². The van der Waals surface area contributed by atoms with Gasteiger partial charge in [0.05, 0.1) is 10.2 Å². The fourth-order valence-electron chi connectivity index (χ4n) is 3.61. The van der Waals surface area contributed by atoms with Crippen LogP contribution in [-0.2, 0) is 0 Å². The van der Waals surface area contributed by atoms with Crippen molar-refractivity contribution in [3.05, 3.63) is 53.5 Å². The predicted octanol–water partition coefficient (Wildman–Crippen LogP) is 4.08. The number of amides is 1. The third kappa shape index (κ3) is 3.33. The Balaban J connectivity index is 1.16. The van der Waals surface area contributed by atoms with Crippen LogP contribution in [0.4, 0.5) is 6.01 Å². The minimum absolute atomic E-state index is 0.0809. The zero-order valence-electron chi connectivity index (χ0n) is 15.3. The van der Waals surface area contributed by atoms with Crippen molar-refractivity contribution in [2.45, 2.75) is 12.8 Å². The largest absolute Gasteiger partial charge is 0.423 e. The van der Waals surface area contributed by atoms with Crippen LogP contribution in [0.25, 0.3) is 21.3 Å². The van der Waals surface area contributed by atoms with Gasteiger partial charge in [0, 0.05) is 19.6 Å². The first-order valence-electron chi connectivity index (χ1n) is 9.50. The van der Waals surface area contributed by atoms with Crippen LogP contribution in [0.3, 0.4) is 0 Å². The predicted molar refractivity (Wildman–Crippen MR) is 111 cm³/mol. The van der Waals surface area contributed by atoms with Gasteiger partial charge in [0.2, 0.25) is 0 Å². The van der Waals surface area contributed by atoms with Crippen molar-refractivity contribution in [1.29, 1.82) is 0 Å². The quantitative estimate of drug-likeness (QED) is 0.567. The normalized spacial score (nSPS) is 15.4. The number of carbonyl (C=O) groups is 1. The lowest BCUT2D eigenvalue weighted by atomic mass is 9.97. The van der Waals surface area contributed by atoms with E-state index >= 15 is 0 Å². The number of nitrogens with zero attached hydrogens (tertiary/aromatic N) is 3. The van der Waals surface area contributed by atoms with Gasteiger partial charge in [0.25, 0.3) is 11.9 Å². The number of carbonyl (C=O) groups excluding carboxylic acids is 1. The van der Waals surface area contributed by atoms with Gasteiger partial charge < -0.3 is 14.6 Å². The maximum absolute atomic E-state index is 12.4. The molecule has 1 fully saturated rings. The molecule has 142 valence electrons. The first-order valence-corrected chi connectivity index (χ1v) is 10.3. The van der Waals surface area contributed by atoms with Gasteiger partial charge in [-0.05, 0) is 43.0 Å². The van der Waals surface area contributed by atoms with Crippen LogP contribution in [-0.4, -0.2) is 35.5 Å². The molecule has 1 aliphatic heterocycles. The van der Waals surface area contributed by atoms with Gasteiger partial charge >= 0.3 is 0 Å². The number of piperidine rings is 1. The highest BCUT2D eigenvalue weighted by Crippen LogP contribution is 2.26. The summed E-state index contributed by atoms with van der Waals surface area (Å²) in [5.41, 5.74) is 2.59. The van der Waals surface area contributed by atoms with Crippen LogP contribution in [0.1, 0.15) is 22.6 Å². The monoisotopic (exact) mass is 392 g/mol. The highest BCUT2D eigenvalue weighted by Gasteiger charge is 2.23. The molecule has 1 amide bonds. The Bertz CT molecular complexity index is 1060. The minimum Gasteiger partial charge on any atom is -0.423 e. The standard InChI is InChI=1S/C21H20N4O2S/c26-19(20-23-16-6-2-4-8-18(16)28-20)22-13-14-9-11-25(12-10-14)21-24-15-5-1-3-7-17(15)27-21/h1-8,14H,9-13H2,(H,22,26). The molecule has 2 aromatic heterocycles. The van der Waals surface area contributed by atoms with E-state index < -0.39 is 0 Å². The van der Waals surface area contributed by atoms with Gasteiger partial charge in [-0.15, -0.1) is 11.3 Å². The Morgan fingerprint density at radius 1 is 1.07 bits per heavy atom. The second-order valence-electron chi connectivity index (χ2n) is 7.09. The second-order valence-corrected chi connectivity index (χ2v) is 8.12. The molecule has 0 spiro atoms. The fourth-order valence-corrected chi connectivity index (χ4v) is 4.49. The molecule has 1 saturated heterocycles. The van der Waals surface area contributed by atoms with Gasteiger partial charge in [-0.2, -0.15) is 4.98 Å². The van der Waals surface area contributed by atoms with Crippen molar-refractivity contribution in [3.8, 4) is 0 Å². The molecule has 0 atom stereocenters. The molecule has 2 aromatic carbocycles. The number of aromatic nitrogens is 2. The van der Waals surface area contributed by atoms with Gasteiger partial charge in [0.1, 0.15) is 5.52 Å². The van der Waals surface area contributed by atoms with Crippen molar-refractivity contribution >= 4 is 44.6 Å². The maximum Gasteiger partial charge on any atom is 0.298 e. The number of benzene rings is 2. The average Bonchev–Trinajstić information content (AvgIpc) is 3.36. The lowest BCUT2D eigenvalue weighted by Crippen LogP contribution is -2.38. The van der Waals surface area contributed by atoms with Gasteiger partial charge in [-0.25, -0.2) is 4.98 Å². The van der Waals surface area contributed by atoms with Crippen molar-refractivity contribution in [1.82, 2.24) is 15.3 Å². The molecule has 28 heavy (non-hydrogen) atoms. The highest BCUT2D eigenvalue weighted by atomic mass is 32.1. The third-order valence-corrected chi connectivity index (χ3v) is 6.24. The van der Waals surface area contributed by atoms with Crippen LogP contribution in [0.15, 0.2) is 52.9 Å². The first-order chi connectivity index (χ1) is 13.8. The van der Waals surface area contributed by atoms with E-state index in [0.29, 0.717) is 23.5 Å². The molecule has 6 nitrogen and oxygen atoms in total. The summed E-state index contributed by atoms with van der Waals surface area (Å²) < 4.78 is 6.91. The number of hydrogen-bond acceptors (Lipinski definition) is 6. The van der Waals surface area contributed by atoms with E-state index in [4.69, 9.17) is 4.42 Å². The molecule has 1 aliphatic rings. The van der Waals surface area contributed by atoms with Crippen LogP contribution in [0.5, 0.6) is 0 Å². The van der Waals surface area contributed by atoms with Crippen molar-refractivity contribution in [2.24, 2.45) is 5.92 Å². The van der Waals surface area contributed by atoms with E-state index in [1.807, 2.05) is 48.5 Å². The van der Waals surface area contributed by atoms with E-state index in [1.54, 1.807) is 0 Å². The number of para-hydroxylation sites is 3. The van der Waals surface area contributed by atoms with E-state index in [-0.39, 0.29) is 5.91 Å². The van der Waals surface area contributed by atoms with Crippen LogP contribution in [0.2, 0.25) is 0 Å². The van der Waals surface area contributed by atoms with Crippen molar-refractivity contribution in [3.63, 3.8) is 0 Å². The topological polar surface area (TPSA) is 71.3 Å². The van der Waals surface area contributed by atoms with Crippen molar-refractivity contribution in [2.75, 3.05) is 24.5 Å². The van der Waals surface area contributed by atoms with Crippen LogP contribution < -0.4 is 10.2 Å². The summed E-state index contributed by atoms with van der Waals surface area (Å²) in [5.74, 6) is 0.376. The summed E-state index contributed by atoms with van der Waals surface area (Å²) in [4.78, 5) is 23.6. The number of thiazole rings is 1. The third-order valence-electron chi connectivity index (χ3n) is 5.21. The van der Waals surface area contributed by atoms with E-state index in [1.165, 1.54) is 11.3 Å². The zero-order valence-corrected chi connectivity index (χ0v) is 16.1. The second kappa shape index (κ2) is 7.24. The zero-order chi connectivity index (χ0) is 18.9. The molecule has 0 radical (unpaired) electrons. The molecule has 5 rings (SSSR count). The summed E-state index contributed by atoms with van der Waals surface area (Å²) in [6.45, 7) is 2.44. The number of hydrogen-bond donors (Lipinski definition) is 1. The molecule has 7 heteroatoms. The smallest absolute Gasteiger partial charge is 0.298 e. The van der Waals surface area contributed by atoms with Gasteiger partial charge in [-0.3, -0.25) is 4.79 Å². The Labute approximate surface area is 166 Å². The highest BCUT2D eigenvalue weighted by molar-refractivity contribution is 7.20. The summed E-state index contributed by atoms with van der Waals surface area (Å²) in [6, 6.07) is 16.4. The SMILES string of the molecule is O=C(NCC1CCN(c2nc3ccccc3o2)CC1)c1nc2ccccc2s1. The number of fused-ring (bicyclic) bond motifs is 2.